The Labute approximate surface area is 124 Å². The Kier molecular flexibility index (Phi) is 3.49. The van der Waals surface area contributed by atoms with Crippen LogP contribution in [0, 0.1) is 6.92 Å². The number of anilines is 1. The van der Waals surface area contributed by atoms with E-state index in [-0.39, 0.29) is 23.4 Å². The van der Waals surface area contributed by atoms with Crippen molar-refractivity contribution in [3.05, 3.63) is 41.1 Å². The van der Waals surface area contributed by atoms with Crippen LogP contribution in [-0.2, 0) is 11.2 Å². The first-order chi connectivity index (χ1) is 10.1. The number of pyridine rings is 1. The molecule has 2 N–H and O–H groups in total. The van der Waals surface area contributed by atoms with Gasteiger partial charge in [0, 0.05) is 6.20 Å². The van der Waals surface area contributed by atoms with Gasteiger partial charge < -0.3 is 4.98 Å². The standard InChI is InChI=1S/C13H11ClN6O/c1-7-3-2-4-15-8(7)5-9(21)18-13-19-11(14)10-12(20-13)17-6-16-10/h2-4,6H,5H2,1H3,(H2,16,17,18,19,20,21). The highest BCUT2D eigenvalue weighted by Crippen LogP contribution is 2.18. The van der Waals surface area contributed by atoms with Crippen molar-refractivity contribution in [3.8, 4) is 0 Å². The largest absolute Gasteiger partial charge is 0.341 e. The Morgan fingerprint density at radius 1 is 1.38 bits per heavy atom. The van der Waals surface area contributed by atoms with E-state index < -0.39 is 0 Å². The number of aromatic nitrogens is 5. The normalized spacial score (nSPS) is 10.8. The summed E-state index contributed by atoms with van der Waals surface area (Å²) < 4.78 is 0. The smallest absolute Gasteiger partial charge is 0.233 e. The van der Waals surface area contributed by atoms with Gasteiger partial charge in [-0.2, -0.15) is 9.97 Å². The minimum absolute atomic E-state index is 0.123. The first-order valence-electron chi connectivity index (χ1n) is 6.20. The second kappa shape index (κ2) is 5.45. The van der Waals surface area contributed by atoms with Crippen LogP contribution in [0.1, 0.15) is 11.3 Å². The molecule has 0 radical (unpaired) electrons. The van der Waals surface area contributed by atoms with Crippen LogP contribution in [0.25, 0.3) is 11.2 Å². The van der Waals surface area contributed by atoms with Crippen LogP contribution in [0.5, 0.6) is 0 Å². The van der Waals surface area contributed by atoms with Gasteiger partial charge in [0.15, 0.2) is 10.8 Å². The van der Waals surface area contributed by atoms with Gasteiger partial charge in [-0.05, 0) is 18.6 Å². The lowest BCUT2D eigenvalue weighted by molar-refractivity contribution is -0.115. The van der Waals surface area contributed by atoms with E-state index >= 15 is 0 Å². The van der Waals surface area contributed by atoms with Crippen molar-refractivity contribution in [2.45, 2.75) is 13.3 Å². The van der Waals surface area contributed by atoms with Crippen LogP contribution >= 0.6 is 11.6 Å². The molecule has 0 aliphatic rings. The number of amides is 1. The molecule has 0 aliphatic carbocycles. The highest BCUT2D eigenvalue weighted by molar-refractivity contribution is 6.33. The number of carbonyl (C=O) groups excluding carboxylic acids is 1. The molecule has 0 atom stereocenters. The maximum Gasteiger partial charge on any atom is 0.233 e. The van der Waals surface area contributed by atoms with Crippen LogP contribution in [0.2, 0.25) is 5.15 Å². The Morgan fingerprint density at radius 2 is 2.24 bits per heavy atom. The highest BCUT2D eigenvalue weighted by Gasteiger charge is 2.12. The van der Waals surface area contributed by atoms with Crippen molar-refractivity contribution in [3.63, 3.8) is 0 Å². The lowest BCUT2D eigenvalue weighted by atomic mass is 10.1. The van der Waals surface area contributed by atoms with Crippen molar-refractivity contribution in [2.24, 2.45) is 0 Å². The molecule has 1 amide bonds. The summed E-state index contributed by atoms with van der Waals surface area (Å²) in [5, 5.41) is 2.81. The fraction of sp³-hybridized carbons (Fsp3) is 0.154. The van der Waals surface area contributed by atoms with Crippen LogP contribution < -0.4 is 5.32 Å². The molecule has 3 heterocycles. The number of halogens is 1. The van der Waals surface area contributed by atoms with Gasteiger partial charge in [0.05, 0.1) is 18.4 Å². The number of rotatable bonds is 3. The van der Waals surface area contributed by atoms with Crippen molar-refractivity contribution in [1.82, 2.24) is 24.9 Å². The fourth-order valence-electron chi connectivity index (χ4n) is 1.88. The average Bonchev–Trinajstić information content (AvgIpc) is 2.90. The summed E-state index contributed by atoms with van der Waals surface area (Å²) in [6.07, 6.45) is 3.26. The Hall–Kier alpha value is -2.54. The quantitative estimate of drug-likeness (QED) is 0.720. The number of carbonyl (C=O) groups is 1. The number of imidazole rings is 1. The number of nitrogens with one attached hydrogen (secondary N) is 2. The SMILES string of the molecule is Cc1cccnc1CC(=O)Nc1nc(Cl)c2[nH]cnc2n1. The van der Waals surface area contributed by atoms with Gasteiger partial charge >= 0.3 is 0 Å². The molecule has 0 aromatic carbocycles. The Balaban J connectivity index is 1.78. The van der Waals surface area contributed by atoms with Gasteiger partial charge in [0.2, 0.25) is 11.9 Å². The number of hydrogen-bond donors (Lipinski definition) is 2. The van der Waals surface area contributed by atoms with Gasteiger partial charge in [-0.15, -0.1) is 0 Å². The molecule has 21 heavy (non-hydrogen) atoms. The minimum Gasteiger partial charge on any atom is -0.341 e. The molecule has 0 saturated heterocycles. The number of hydrogen-bond acceptors (Lipinski definition) is 5. The maximum absolute atomic E-state index is 12.0. The lowest BCUT2D eigenvalue weighted by Crippen LogP contribution is -2.17. The first-order valence-corrected chi connectivity index (χ1v) is 6.58. The number of aryl methyl sites for hydroxylation is 1. The van der Waals surface area contributed by atoms with E-state index in [0.29, 0.717) is 16.9 Å². The van der Waals surface area contributed by atoms with Crippen LogP contribution in [0.15, 0.2) is 24.7 Å². The predicted octanol–water partition coefficient (Wildman–Crippen LogP) is 1.89. The lowest BCUT2D eigenvalue weighted by Gasteiger charge is -2.05. The topological polar surface area (TPSA) is 96.5 Å². The van der Waals surface area contributed by atoms with E-state index in [4.69, 9.17) is 11.6 Å². The van der Waals surface area contributed by atoms with E-state index in [1.54, 1.807) is 6.20 Å². The van der Waals surface area contributed by atoms with Crippen LogP contribution in [0.4, 0.5) is 5.95 Å². The molecule has 106 valence electrons. The number of aromatic amines is 1. The zero-order valence-electron chi connectivity index (χ0n) is 11.1. The maximum atomic E-state index is 12.0. The third-order valence-electron chi connectivity index (χ3n) is 2.94. The van der Waals surface area contributed by atoms with E-state index in [2.05, 4.69) is 30.2 Å². The summed E-state index contributed by atoms with van der Waals surface area (Å²) in [5.74, 6) is -0.138. The van der Waals surface area contributed by atoms with Crippen molar-refractivity contribution < 1.29 is 4.79 Å². The van der Waals surface area contributed by atoms with E-state index in [1.807, 2.05) is 19.1 Å². The van der Waals surface area contributed by atoms with Gasteiger partial charge in [0.25, 0.3) is 0 Å². The first kappa shape index (κ1) is 13.4. The zero-order valence-corrected chi connectivity index (χ0v) is 11.8. The molecule has 0 bridgehead atoms. The molecule has 0 fully saturated rings. The van der Waals surface area contributed by atoms with E-state index in [1.165, 1.54) is 6.33 Å². The van der Waals surface area contributed by atoms with Gasteiger partial charge in [0.1, 0.15) is 5.52 Å². The Bertz CT molecular complexity index is 815. The zero-order chi connectivity index (χ0) is 14.8. The van der Waals surface area contributed by atoms with Crippen molar-refractivity contribution in [2.75, 3.05) is 5.32 Å². The molecule has 0 spiro atoms. The summed E-state index contributed by atoms with van der Waals surface area (Å²) in [7, 11) is 0. The molecule has 3 aromatic rings. The van der Waals surface area contributed by atoms with E-state index in [0.717, 1.165) is 5.56 Å². The summed E-state index contributed by atoms with van der Waals surface area (Å²) in [4.78, 5) is 31.1. The molecule has 7 nitrogen and oxygen atoms in total. The average molecular weight is 303 g/mol. The fourth-order valence-corrected chi connectivity index (χ4v) is 2.10. The minimum atomic E-state index is -0.261. The third-order valence-corrected chi connectivity index (χ3v) is 3.21. The molecule has 0 aliphatic heterocycles. The number of fused-ring (bicyclic) bond motifs is 1. The third kappa shape index (κ3) is 2.82. The second-order valence-corrected chi connectivity index (χ2v) is 4.79. The predicted molar refractivity (Wildman–Crippen MR) is 78.0 cm³/mol. The molecule has 8 heteroatoms. The summed E-state index contributed by atoms with van der Waals surface area (Å²) in [6, 6.07) is 3.73. The Morgan fingerprint density at radius 3 is 3.05 bits per heavy atom. The monoisotopic (exact) mass is 302 g/mol. The van der Waals surface area contributed by atoms with Crippen LogP contribution in [0.3, 0.4) is 0 Å². The second-order valence-electron chi connectivity index (χ2n) is 4.43. The number of H-pyrrole nitrogens is 1. The van der Waals surface area contributed by atoms with Gasteiger partial charge in [-0.25, -0.2) is 4.98 Å². The van der Waals surface area contributed by atoms with Crippen molar-refractivity contribution in [1.29, 1.82) is 0 Å². The van der Waals surface area contributed by atoms with Crippen LogP contribution in [-0.4, -0.2) is 30.8 Å². The number of nitrogens with zero attached hydrogens (tertiary/aromatic N) is 4. The summed E-state index contributed by atoms with van der Waals surface area (Å²) in [6.45, 7) is 1.90. The van der Waals surface area contributed by atoms with Gasteiger partial charge in [-0.3, -0.25) is 15.1 Å². The molecule has 0 saturated carbocycles. The van der Waals surface area contributed by atoms with Gasteiger partial charge in [-0.1, -0.05) is 17.7 Å². The molecule has 3 aromatic heterocycles. The highest BCUT2D eigenvalue weighted by atomic mass is 35.5. The molecule has 0 unspecified atom stereocenters. The summed E-state index contributed by atoms with van der Waals surface area (Å²) in [5.41, 5.74) is 2.60. The van der Waals surface area contributed by atoms with E-state index in [9.17, 15) is 4.79 Å². The summed E-state index contributed by atoms with van der Waals surface area (Å²) >= 11 is 5.99. The molecular formula is C13H11ClN6O. The van der Waals surface area contributed by atoms with Crippen molar-refractivity contribution >= 4 is 34.6 Å². The molecule has 3 rings (SSSR count). The molecular weight excluding hydrogens is 292 g/mol.